The van der Waals surface area contributed by atoms with Crippen LogP contribution >= 0.6 is 0 Å². The molecule has 6 nitrogen and oxygen atoms in total. The number of carbonyl (C=O) groups excluding carboxylic acids is 2. The van der Waals surface area contributed by atoms with Crippen LogP contribution in [0.5, 0.6) is 0 Å². The van der Waals surface area contributed by atoms with Crippen LogP contribution < -0.4 is 0 Å². The average Bonchev–Trinajstić information content (AvgIpc) is 3.36. The summed E-state index contributed by atoms with van der Waals surface area (Å²) in [6.45, 7) is 12.2. The molecular formula is C30H42O6. The van der Waals surface area contributed by atoms with E-state index in [0.717, 1.165) is 41.6 Å². The van der Waals surface area contributed by atoms with E-state index in [-0.39, 0.29) is 25.4 Å². The summed E-state index contributed by atoms with van der Waals surface area (Å²) in [5, 5.41) is 11.0. The lowest BCUT2D eigenvalue weighted by Gasteiger charge is -2.24. The minimum atomic E-state index is -1.22. The van der Waals surface area contributed by atoms with Crippen LogP contribution in [0, 0.1) is 24.7 Å². The average molecular weight is 499 g/mol. The molecule has 1 fully saturated rings. The third-order valence-corrected chi connectivity index (χ3v) is 6.82. The van der Waals surface area contributed by atoms with Crippen LogP contribution in [0.4, 0.5) is 0 Å². The topological polar surface area (TPSA) is 86.0 Å². The van der Waals surface area contributed by atoms with Crippen LogP contribution in [0.1, 0.15) is 84.0 Å². The SMILES string of the molecule is Cc1ccc2oc([C@H](C)CC(=O)OC[C@]3(CO)C/C(=C\CC(CC(C)C)CC(C)C)C(=O)O3)cc2c1. The van der Waals surface area contributed by atoms with Gasteiger partial charge in [0, 0.05) is 23.3 Å². The molecule has 2 heterocycles. The molecule has 198 valence electrons. The maximum Gasteiger partial charge on any atom is 0.334 e. The van der Waals surface area contributed by atoms with Gasteiger partial charge in [0.05, 0.1) is 13.0 Å². The van der Waals surface area contributed by atoms with Crippen molar-refractivity contribution < 1.29 is 28.6 Å². The van der Waals surface area contributed by atoms with Gasteiger partial charge in [0.2, 0.25) is 0 Å². The van der Waals surface area contributed by atoms with Crippen molar-refractivity contribution in [1.29, 1.82) is 0 Å². The number of hydrogen-bond donors (Lipinski definition) is 1. The van der Waals surface area contributed by atoms with E-state index < -0.39 is 24.1 Å². The minimum Gasteiger partial charge on any atom is -0.461 e. The van der Waals surface area contributed by atoms with Crippen molar-refractivity contribution in [2.45, 2.75) is 85.2 Å². The van der Waals surface area contributed by atoms with Gasteiger partial charge in [-0.15, -0.1) is 0 Å². The fraction of sp³-hybridized carbons (Fsp3) is 0.600. The number of hydrogen-bond acceptors (Lipinski definition) is 6. The van der Waals surface area contributed by atoms with E-state index in [0.29, 0.717) is 23.3 Å². The van der Waals surface area contributed by atoms with E-state index in [1.54, 1.807) is 0 Å². The number of furan rings is 1. The van der Waals surface area contributed by atoms with Crippen LogP contribution in [0.2, 0.25) is 0 Å². The van der Waals surface area contributed by atoms with Gasteiger partial charge in [-0.3, -0.25) is 4.79 Å². The molecule has 1 aromatic heterocycles. The van der Waals surface area contributed by atoms with Crippen molar-refractivity contribution in [2.24, 2.45) is 17.8 Å². The Bertz CT molecular complexity index is 1070. The molecule has 0 aliphatic carbocycles. The first-order valence-electron chi connectivity index (χ1n) is 13.2. The molecule has 1 aromatic carbocycles. The summed E-state index contributed by atoms with van der Waals surface area (Å²) in [5.74, 6) is 1.37. The normalized spacial score (nSPS) is 20.2. The van der Waals surface area contributed by atoms with Crippen molar-refractivity contribution in [1.82, 2.24) is 0 Å². The highest BCUT2D eigenvalue weighted by molar-refractivity contribution is 5.91. The van der Waals surface area contributed by atoms with E-state index in [4.69, 9.17) is 13.9 Å². The zero-order valence-corrected chi connectivity index (χ0v) is 22.6. The molecule has 0 amide bonds. The lowest BCUT2D eigenvalue weighted by molar-refractivity contribution is -0.166. The molecule has 0 saturated carbocycles. The van der Waals surface area contributed by atoms with Crippen LogP contribution in [0.3, 0.4) is 0 Å². The summed E-state index contributed by atoms with van der Waals surface area (Å²) in [4.78, 5) is 25.2. The number of cyclic esters (lactones) is 1. The minimum absolute atomic E-state index is 0.128. The fourth-order valence-corrected chi connectivity index (χ4v) is 5.07. The standard InChI is InChI=1S/C30H42O6/c1-19(2)11-23(12-20(3)4)8-9-24-16-30(17-31,36-29(24)33)18-34-28(32)14-22(6)27-15-25-13-21(5)7-10-26(25)35-27/h7,9-10,13,15,19-20,22-23,31H,8,11-12,14,16-18H2,1-6H3/b24-9+/t22-,30-/m1/s1. The molecule has 3 rings (SSSR count). The highest BCUT2D eigenvalue weighted by Gasteiger charge is 2.44. The Hall–Kier alpha value is -2.60. The van der Waals surface area contributed by atoms with Crippen LogP contribution in [-0.2, 0) is 19.1 Å². The van der Waals surface area contributed by atoms with Crippen molar-refractivity contribution >= 4 is 22.9 Å². The van der Waals surface area contributed by atoms with Crippen molar-refractivity contribution in [2.75, 3.05) is 13.2 Å². The predicted octanol–water partition coefficient (Wildman–Crippen LogP) is 6.48. The fourth-order valence-electron chi connectivity index (χ4n) is 5.07. The summed E-state index contributed by atoms with van der Waals surface area (Å²) < 4.78 is 16.9. The summed E-state index contributed by atoms with van der Waals surface area (Å²) >= 11 is 0. The number of rotatable bonds is 12. The number of carbonyl (C=O) groups is 2. The van der Waals surface area contributed by atoms with E-state index in [9.17, 15) is 14.7 Å². The molecular weight excluding hydrogens is 456 g/mol. The molecule has 2 aromatic rings. The monoisotopic (exact) mass is 498 g/mol. The molecule has 0 radical (unpaired) electrons. The van der Waals surface area contributed by atoms with Crippen LogP contribution in [0.15, 0.2) is 40.3 Å². The summed E-state index contributed by atoms with van der Waals surface area (Å²) in [6.07, 6.45) is 5.33. The van der Waals surface area contributed by atoms with Gasteiger partial charge in [-0.05, 0) is 62.1 Å². The lowest BCUT2D eigenvalue weighted by atomic mass is 9.86. The number of allylic oxidation sites excluding steroid dienone is 1. The molecule has 0 unspecified atom stereocenters. The van der Waals surface area contributed by atoms with Gasteiger partial charge in [-0.1, -0.05) is 52.3 Å². The molecule has 1 N–H and O–H groups in total. The molecule has 1 aliphatic heterocycles. The summed E-state index contributed by atoms with van der Waals surface area (Å²) in [6, 6.07) is 7.92. The Morgan fingerprint density at radius 3 is 2.47 bits per heavy atom. The van der Waals surface area contributed by atoms with Crippen molar-refractivity contribution in [3.05, 3.63) is 47.2 Å². The highest BCUT2D eigenvalue weighted by atomic mass is 16.6. The largest absolute Gasteiger partial charge is 0.461 e. The van der Waals surface area contributed by atoms with Crippen LogP contribution in [-0.4, -0.2) is 35.9 Å². The van der Waals surface area contributed by atoms with E-state index in [1.165, 1.54) is 0 Å². The Morgan fingerprint density at radius 1 is 1.14 bits per heavy atom. The number of benzene rings is 1. The maximum absolute atomic E-state index is 12.6. The zero-order chi connectivity index (χ0) is 26.5. The summed E-state index contributed by atoms with van der Waals surface area (Å²) in [7, 11) is 0. The Balaban J connectivity index is 1.57. The number of aryl methyl sites for hydroxylation is 1. The molecule has 6 heteroatoms. The van der Waals surface area contributed by atoms with Gasteiger partial charge < -0.3 is 19.0 Å². The Labute approximate surface area is 215 Å². The van der Waals surface area contributed by atoms with E-state index >= 15 is 0 Å². The zero-order valence-electron chi connectivity index (χ0n) is 22.6. The van der Waals surface area contributed by atoms with Gasteiger partial charge in [0.15, 0.2) is 5.60 Å². The molecule has 1 saturated heterocycles. The van der Waals surface area contributed by atoms with Crippen molar-refractivity contribution in [3.63, 3.8) is 0 Å². The van der Waals surface area contributed by atoms with Gasteiger partial charge >= 0.3 is 11.9 Å². The third kappa shape index (κ3) is 7.45. The molecule has 2 atom stereocenters. The van der Waals surface area contributed by atoms with Crippen LogP contribution in [0.25, 0.3) is 11.0 Å². The second kappa shape index (κ2) is 12.1. The Morgan fingerprint density at radius 2 is 1.83 bits per heavy atom. The number of ether oxygens (including phenoxy) is 2. The molecule has 1 aliphatic rings. The van der Waals surface area contributed by atoms with Gasteiger partial charge in [0.1, 0.15) is 18.0 Å². The second-order valence-corrected chi connectivity index (χ2v) is 11.5. The first kappa shape index (κ1) is 28.0. The highest BCUT2D eigenvalue weighted by Crippen LogP contribution is 2.34. The number of aliphatic hydroxyl groups is 1. The van der Waals surface area contributed by atoms with Crippen molar-refractivity contribution in [3.8, 4) is 0 Å². The number of fused-ring (bicyclic) bond motifs is 1. The van der Waals surface area contributed by atoms with Gasteiger partial charge in [-0.2, -0.15) is 0 Å². The first-order chi connectivity index (χ1) is 17.0. The van der Waals surface area contributed by atoms with Gasteiger partial charge in [0.25, 0.3) is 0 Å². The number of aliphatic hydroxyl groups excluding tert-OH is 1. The maximum atomic E-state index is 12.6. The van der Waals surface area contributed by atoms with E-state index in [1.807, 2.05) is 44.2 Å². The lowest BCUT2D eigenvalue weighted by Crippen LogP contribution is -2.39. The number of esters is 2. The van der Waals surface area contributed by atoms with Gasteiger partial charge in [-0.25, -0.2) is 4.79 Å². The van der Waals surface area contributed by atoms with E-state index in [2.05, 4.69) is 27.7 Å². The molecule has 36 heavy (non-hydrogen) atoms. The quantitative estimate of drug-likeness (QED) is 0.266. The predicted molar refractivity (Wildman–Crippen MR) is 141 cm³/mol. The third-order valence-electron chi connectivity index (χ3n) is 6.82. The summed E-state index contributed by atoms with van der Waals surface area (Å²) in [5.41, 5.74) is 1.27. The molecule has 0 spiro atoms. The Kier molecular flexibility index (Phi) is 9.40. The second-order valence-electron chi connectivity index (χ2n) is 11.5. The first-order valence-corrected chi connectivity index (χ1v) is 13.2. The molecule has 0 bridgehead atoms. The smallest absolute Gasteiger partial charge is 0.334 e.